The number of aliphatic imine (C=N–C) groups is 2. The van der Waals surface area contributed by atoms with Gasteiger partial charge >= 0.3 is 0 Å². The fraction of sp³-hybridized carbons (Fsp3) is 0.389. The highest BCUT2D eigenvalue weighted by molar-refractivity contribution is 6.18. The summed E-state index contributed by atoms with van der Waals surface area (Å²) in [7, 11) is 0. The van der Waals surface area contributed by atoms with Crippen LogP contribution in [-0.4, -0.2) is 12.4 Å². The molecule has 1 aromatic rings. The fourth-order valence-electron chi connectivity index (χ4n) is 2.72. The lowest BCUT2D eigenvalue weighted by Gasteiger charge is -2.28. The fourth-order valence-corrected chi connectivity index (χ4v) is 2.72. The zero-order chi connectivity index (χ0) is 14.8. The van der Waals surface area contributed by atoms with Gasteiger partial charge in [-0.3, -0.25) is 9.98 Å². The molecule has 104 valence electrons. The van der Waals surface area contributed by atoms with Crippen molar-refractivity contribution in [2.75, 3.05) is 0 Å². The standard InChI is InChI=1S/C18H22N2/c1-6-10-18(19-11-12-20-18)17-15(13(2)3)8-7-9-16(17)14(4)5/h7-14H,1H2,2-5H3. The van der Waals surface area contributed by atoms with Gasteiger partial charge in [0.1, 0.15) is 0 Å². The highest BCUT2D eigenvalue weighted by Gasteiger charge is 2.34. The van der Waals surface area contributed by atoms with E-state index in [9.17, 15) is 0 Å². The minimum absolute atomic E-state index is 0.421. The lowest BCUT2D eigenvalue weighted by molar-refractivity contribution is 0.588. The zero-order valence-electron chi connectivity index (χ0n) is 12.7. The van der Waals surface area contributed by atoms with Gasteiger partial charge in [0.05, 0.1) is 0 Å². The van der Waals surface area contributed by atoms with E-state index in [0.29, 0.717) is 11.8 Å². The summed E-state index contributed by atoms with van der Waals surface area (Å²) in [6, 6.07) is 6.48. The number of nitrogens with zero attached hydrogens (tertiary/aromatic N) is 2. The molecule has 2 rings (SSSR count). The summed E-state index contributed by atoms with van der Waals surface area (Å²) in [5, 5.41) is 0. The second-order valence-electron chi connectivity index (χ2n) is 5.75. The molecule has 2 nitrogen and oxygen atoms in total. The SMILES string of the molecule is C=C=CC1(c2c(C(C)C)cccc2C(C)C)N=CC=N1. The van der Waals surface area contributed by atoms with Crippen molar-refractivity contribution in [1.82, 2.24) is 0 Å². The Morgan fingerprint density at radius 1 is 1.05 bits per heavy atom. The van der Waals surface area contributed by atoms with Crippen LogP contribution in [0, 0.1) is 0 Å². The van der Waals surface area contributed by atoms with Crippen LogP contribution in [0.3, 0.4) is 0 Å². The maximum Gasteiger partial charge on any atom is 0.202 e. The van der Waals surface area contributed by atoms with Crippen LogP contribution in [0.15, 0.2) is 46.6 Å². The minimum Gasteiger partial charge on any atom is -0.253 e. The van der Waals surface area contributed by atoms with Gasteiger partial charge in [0.15, 0.2) is 0 Å². The molecule has 1 aromatic carbocycles. The van der Waals surface area contributed by atoms with E-state index in [2.05, 4.69) is 68.2 Å². The zero-order valence-corrected chi connectivity index (χ0v) is 12.7. The lowest BCUT2D eigenvalue weighted by atomic mass is 9.82. The summed E-state index contributed by atoms with van der Waals surface area (Å²) in [6.45, 7) is 12.5. The van der Waals surface area contributed by atoms with E-state index in [-0.39, 0.29) is 0 Å². The Morgan fingerprint density at radius 2 is 1.55 bits per heavy atom. The van der Waals surface area contributed by atoms with E-state index in [1.807, 2.05) is 6.08 Å². The first-order chi connectivity index (χ1) is 9.52. The van der Waals surface area contributed by atoms with Crippen molar-refractivity contribution in [2.45, 2.75) is 45.2 Å². The molecule has 0 atom stereocenters. The van der Waals surface area contributed by atoms with Crippen LogP contribution in [0.5, 0.6) is 0 Å². The molecule has 1 aliphatic rings. The molecule has 0 spiro atoms. The molecule has 0 saturated carbocycles. The number of benzene rings is 1. The Bertz CT molecular complexity index is 562. The molecule has 1 heterocycles. The molecule has 1 aliphatic heterocycles. The molecular formula is C18H22N2. The molecule has 0 saturated heterocycles. The minimum atomic E-state index is -0.678. The highest BCUT2D eigenvalue weighted by Crippen LogP contribution is 2.40. The molecule has 0 amide bonds. The molecule has 0 aromatic heterocycles. The molecule has 0 aliphatic carbocycles. The van der Waals surface area contributed by atoms with Crippen molar-refractivity contribution in [3.05, 3.63) is 53.3 Å². The van der Waals surface area contributed by atoms with Gasteiger partial charge in [-0.15, -0.1) is 5.73 Å². The van der Waals surface area contributed by atoms with E-state index in [1.165, 1.54) is 16.7 Å². The van der Waals surface area contributed by atoms with Gasteiger partial charge in [-0.25, -0.2) is 0 Å². The van der Waals surface area contributed by atoms with Gasteiger partial charge in [-0.2, -0.15) is 0 Å². The Labute approximate surface area is 121 Å². The van der Waals surface area contributed by atoms with Crippen molar-refractivity contribution < 1.29 is 0 Å². The summed E-state index contributed by atoms with van der Waals surface area (Å²) in [5.41, 5.74) is 5.97. The van der Waals surface area contributed by atoms with Gasteiger partial charge in [0.25, 0.3) is 0 Å². The maximum atomic E-state index is 4.61. The second-order valence-corrected chi connectivity index (χ2v) is 5.75. The van der Waals surface area contributed by atoms with Crippen LogP contribution in [0.2, 0.25) is 0 Å². The van der Waals surface area contributed by atoms with Crippen LogP contribution in [-0.2, 0) is 5.66 Å². The Kier molecular flexibility index (Phi) is 4.06. The van der Waals surface area contributed by atoms with Crippen molar-refractivity contribution >= 4 is 12.4 Å². The van der Waals surface area contributed by atoms with Crippen molar-refractivity contribution in [2.24, 2.45) is 9.98 Å². The third-order valence-corrected chi connectivity index (χ3v) is 3.65. The maximum absolute atomic E-state index is 4.61. The molecule has 0 fully saturated rings. The molecular weight excluding hydrogens is 244 g/mol. The molecule has 0 unspecified atom stereocenters. The van der Waals surface area contributed by atoms with Crippen LogP contribution in [0.25, 0.3) is 0 Å². The summed E-state index contributed by atoms with van der Waals surface area (Å²) in [4.78, 5) is 9.22. The average Bonchev–Trinajstić information content (AvgIpc) is 2.87. The molecule has 0 bridgehead atoms. The number of hydrogen-bond donors (Lipinski definition) is 0. The third-order valence-electron chi connectivity index (χ3n) is 3.65. The quantitative estimate of drug-likeness (QED) is 0.712. The van der Waals surface area contributed by atoms with E-state index < -0.39 is 5.66 Å². The summed E-state index contributed by atoms with van der Waals surface area (Å²) < 4.78 is 0. The first-order valence-electron chi connectivity index (χ1n) is 7.11. The monoisotopic (exact) mass is 266 g/mol. The molecule has 0 radical (unpaired) electrons. The first-order valence-corrected chi connectivity index (χ1v) is 7.11. The van der Waals surface area contributed by atoms with Crippen LogP contribution < -0.4 is 0 Å². The number of hydrogen-bond acceptors (Lipinski definition) is 2. The third kappa shape index (κ3) is 2.39. The van der Waals surface area contributed by atoms with E-state index in [0.717, 1.165) is 0 Å². The van der Waals surface area contributed by atoms with Crippen molar-refractivity contribution in [3.8, 4) is 0 Å². The van der Waals surface area contributed by atoms with Crippen LogP contribution in [0.4, 0.5) is 0 Å². The lowest BCUT2D eigenvalue weighted by Crippen LogP contribution is -2.21. The van der Waals surface area contributed by atoms with E-state index in [4.69, 9.17) is 0 Å². The summed E-state index contributed by atoms with van der Waals surface area (Å²) in [6.07, 6.45) is 5.38. The Morgan fingerprint density at radius 3 is 1.95 bits per heavy atom. The molecule has 20 heavy (non-hydrogen) atoms. The highest BCUT2D eigenvalue weighted by atomic mass is 15.1. The van der Waals surface area contributed by atoms with Crippen molar-refractivity contribution in [3.63, 3.8) is 0 Å². The number of rotatable bonds is 4. The average molecular weight is 266 g/mol. The van der Waals surface area contributed by atoms with Gasteiger partial charge in [-0.05, 0) is 23.0 Å². The second kappa shape index (κ2) is 5.60. The first kappa shape index (κ1) is 14.5. The largest absolute Gasteiger partial charge is 0.253 e. The molecule has 0 N–H and O–H groups in total. The van der Waals surface area contributed by atoms with E-state index in [1.54, 1.807) is 12.4 Å². The van der Waals surface area contributed by atoms with Gasteiger partial charge in [0.2, 0.25) is 5.66 Å². The van der Waals surface area contributed by atoms with Gasteiger partial charge < -0.3 is 0 Å². The topological polar surface area (TPSA) is 24.7 Å². The van der Waals surface area contributed by atoms with Crippen LogP contribution >= 0.6 is 0 Å². The summed E-state index contributed by atoms with van der Waals surface area (Å²) in [5.74, 6) is 0.842. The summed E-state index contributed by atoms with van der Waals surface area (Å²) >= 11 is 0. The van der Waals surface area contributed by atoms with Crippen molar-refractivity contribution in [1.29, 1.82) is 0 Å². The predicted octanol–water partition coefficient (Wildman–Crippen LogP) is 4.58. The van der Waals surface area contributed by atoms with Gasteiger partial charge in [-0.1, -0.05) is 52.5 Å². The smallest absolute Gasteiger partial charge is 0.202 e. The van der Waals surface area contributed by atoms with E-state index >= 15 is 0 Å². The Balaban J connectivity index is 2.79. The normalized spacial score (nSPS) is 15.9. The van der Waals surface area contributed by atoms with Gasteiger partial charge in [0, 0.05) is 24.1 Å². The predicted molar refractivity (Wildman–Crippen MR) is 87.0 cm³/mol. The molecule has 2 heteroatoms. The van der Waals surface area contributed by atoms with Crippen LogP contribution in [0.1, 0.15) is 56.2 Å². The Hall–Kier alpha value is -1.92.